The Morgan fingerprint density at radius 3 is 2.52 bits per heavy atom. The Labute approximate surface area is 120 Å². The molecule has 0 aromatic heterocycles. The molecule has 3 rings (SSSR count). The number of carbonyl (C=O) groups excluding carboxylic acids is 2. The number of carbonyl (C=O) groups is 2. The molecule has 1 aliphatic rings. The van der Waals surface area contributed by atoms with E-state index in [-0.39, 0.29) is 11.5 Å². The van der Waals surface area contributed by atoms with E-state index in [1.807, 2.05) is 0 Å². The Bertz CT molecular complexity index is 754. The molecule has 104 valence electrons. The first-order chi connectivity index (χ1) is 10.1. The fourth-order valence-corrected chi connectivity index (χ4v) is 2.04. The van der Waals surface area contributed by atoms with Gasteiger partial charge in [0.05, 0.1) is 11.4 Å². The van der Waals surface area contributed by atoms with E-state index in [1.54, 1.807) is 30.3 Å². The molecule has 2 N–H and O–H groups in total. The van der Waals surface area contributed by atoms with Crippen LogP contribution < -0.4 is 10.6 Å². The molecule has 0 saturated heterocycles. The maximum Gasteiger partial charge on any atom is 0.272 e. The highest BCUT2D eigenvalue weighted by Gasteiger charge is 2.21. The van der Waals surface area contributed by atoms with Crippen LogP contribution >= 0.6 is 0 Å². The van der Waals surface area contributed by atoms with Gasteiger partial charge in [0.1, 0.15) is 11.5 Å². The Balaban J connectivity index is 1.90. The smallest absolute Gasteiger partial charge is 0.272 e. The zero-order chi connectivity index (χ0) is 14.8. The molecule has 0 fully saturated rings. The van der Waals surface area contributed by atoms with Gasteiger partial charge in [0, 0.05) is 11.6 Å². The van der Waals surface area contributed by atoms with Gasteiger partial charge in [0.25, 0.3) is 5.91 Å². The second-order valence-corrected chi connectivity index (χ2v) is 4.56. The lowest BCUT2D eigenvalue weighted by Gasteiger charge is -2.20. The Morgan fingerprint density at radius 1 is 1.00 bits per heavy atom. The molecule has 0 saturated carbocycles. The fourth-order valence-electron chi connectivity index (χ4n) is 2.04. The molecule has 0 bridgehead atoms. The minimum atomic E-state index is -0.475. The largest absolute Gasteiger partial charge is 0.349 e. The number of rotatable bonds is 2. The van der Waals surface area contributed by atoms with Crippen molar-refractivity contribution in [2.24, 2.45) is 0 Å². The molecule has 0 radical (unpaired) electrons. The lowest BCUT2D eigenvalue weighted by Crippen LogP contribution is -2.26. The van der Waals surface area contributed by atoms with E-state index < -0.39 is 11.7 Å². The van der Waals surface area contributed by atoms with Crippen molar-refractivity contribution in [3.8, 4) is 0 Å². The summed E-state index contributed by atoms with van der Waals surface area (Å²) < 4.78 is 13.1. The van der Waals surface area contributed by atoms with Gasteiger partial charge in [0.2, 0.25) is 0 Å². The molecule has 2 aromatic carbocycles. The minimum Gasteiger partial charge on any atom is -0.349 e. The first-order valence-electron chi connectivity index (χ1n) is 6.32. The van der Waals surface area contributed by atoms with Gasteiger partial charge in [-0.3, -0.25) is 9.59 Å². The van der Waals surface area contributed by atoms with Crippen molar-refractivity contribution in [2.75, 3.05) is 10.6 Å². The molecular weight excluding hydrogens is 271 g/mol. The van der Waals surface area contributed by atoms with Crippen molar-refractivity contribution in [3.63, 3.8) is 0 Å². The third kappa shape index (κ3) is 2.67. The molecule has 0 spiro atoms. The average Bonchev–Trinajstić information content (AvgIpc) is 2.49. The molecule has 21 heavy (non-hydrogen) atoms. The summed E-state index contributed by atoms with van der Waals surface area (Å²) in [6.45, 7) is 0. The second-order valence-electron chi connectivity index (χ2n) is 4.56. The molecule has 0 atom stereocenters. The molecule has 0 unspecified atom stereocenters. The molecule has 1 aliphatic heterocycles. The van der Waals surface area contributed by atoms with E-state index in [4.69, 9.17) is 0 Å². The quantitative estimate of drug-likeness (QED) is 0.657. The third-order valence-electron chi connectivity index (χ3n) is 3.08. The number of ketones is 1. The summed E-state index contributed by atoms with van der Waals surface area (Å²) in [5.41, 5.74) is 1.51. The average molecular weight is 282 g/mol. The van der Waals surface area contributed by atoms with Crippen LogP contribution in [0.25, 0.3) is 0 Å². The third-order valence-corrected chi connectivity index (χ3v) is 3.08. The van der Waals surface area contributed by atoms with Crippen LogP contribution in [0.2, 0.25) is 0 Å². The number of allylic oxidation sites excluding steroid dienone is 1. The Hall–Kier alpha value is -2.95. The standard InChI is InChI=1S/C16H11FN2O2/c17-11-6-7-12-13(8-11)19-16(21)14(18-12)9-15(20)10-4-2-1-3-5-10/h1-9,18H,(H,19,21)/b14-9-. The number of anilines is 2. The summed E-state index contributed by atoms with van der Waals surface area (Å²) in [5.74, 6) is -1.19. The van der Waals surface area contributed by atoms with E-state index in [0.717, 1.165) is 0 Å². The summed E-state index contributed by atoms with van der Waals surface area (Å²) in [5, 5.41) is 5.38. The van der Waals surface area contributed by atoms with E-state index >= 15 is 0 Å². The van der Waals surface area contributed by atoms with Crippen LogP contribution in [0.4, 0.5) is 15.8 Å². The highest BCUT2D eigenvalue weighted by Crippen LogP contribution is 2.28. The number of nitrogens with one attached hydrogen (secondary N) is 2. The van der Waals surface area contributed by atoms with Crippen molar-refractivity contribution in [2.45, 2.75) is 0 Å². The first-order valence-corrected chi connectivity index (χ1v) is 6.32. The predicted octanol–water partition coefficient (Wildman–Crippen LogP) is 2.96. The van der Waals surface area contributed by atoms with E-state index in [2.05, 4.69) is 10.6 Å². The van der Waals surface area contributed by atoms with Crippen LogP contribution in [-0.4, -0.2) is 11.7 Å². The lowest BCUT2D eigenvalue weighted by molar-refractivity contribution is -0.112. The molecule has 4 nitrogen and oxygen atoms in total. The van der Waals surface area contributed by atoms with Crippen molar-refractivity contribution >= 4 is 23.1 Å². The maximum atomic E-state index is 13.1. The SMILES string of the molecule is O=C1Nc2cc(F)ccc2N/C1=C\C(=O)c1ccccc1. The van der Waals surface area contributed by atoms with E-state index in [1.165, 1.54) is 24.3 Å². The molecule has 1 heterocycles. The van der Waals surface area contributed by atoms with Gasteiger partial charge >= 0.3 is 0 Å². The summed E-state index contributed by atoms with van der Waals surface area (Å²) in [4.78, 5) is 24.0. The summed E-state index contributed by atoms with van der Waals surface area (Å²) in [7, 11) is 0. The Kier molecular flexibility index (Phi) is 3.23. The van der Waals surface area contributed by atoms with Gasteiger partial charge in [0.15, 0.2) is 5.78 Å². The van der Waals surface area contributed by atoms with Crippen molar-refractivity contribution in [3.05, 3.63) is 71.7 Å². The van der Waals surface area contributed by atoms with Gasteiger partial charge in [-0.2, -0.15) is 0 Å². The van der Waals surface area contributed by atoms with E-state index in [0.29, 0.717) is 16.9 Å². The first kappa shape index (κ1) is 13.1. The second kappa shape index (κ2) is 5.20. The Morgan fingerprint density at radius 2 is 1.76 bits per heavy atom. The number of halogens is 1. The zero-order valence-electron chi connectivity index (χ0n) is 10.9. The van der Waals surface area contributed by atoms with E-state index in [9.17, 15) is 14.0 Å². The minimum absolute atomic E-state index is 0.128. The highest BCUT2D eigenvalue weighted by molar-refractivity contribution is 6.16. The molecule has 5 heteroatoms. The van der Waals surface area contributed by atoms with Crippen LogP contribution in [-0.2, 0) is 4.79 Å². The number of hydrogen-bond acceptors (Lipinski definition) is 3. The normalized spacial score (nSPS) is 15.1. The van der Waals surface area contributed by atoms with Gasteiger partial charge in [-0.25, -0.2) is 4.39 Å². The number of fused-ring (bicyclic) bond motifs is 1. The van der Waals surface area contributed by atoms with Crippen LogP contribution in [0.1, 0.15) is 10.4 Å². The monoisotopic (exact) mass is 282 g/mol. The lowest BCUT2D eigenvalue weighted by atomic mass is 10.1. The number of hydrogen-bond donors (Lipinski definition) is 2. The molecule has 0 aliphatic carbocycles. The van der Waals surface area contributed by atoms with Crippen LogP contribution in [0.3, 0.4) is 0 Å². The highest BCUT2D eigenvalue weighted by atomic mass is 19.1. The van der Waals surface area contributed by atoms with Gasteiger partial charge < -0.3 is 10.6 Å². The zero-order valence-corrected chi connectivity index (χ0v) is 10.9. The van der Waals surface area contributed by atoms with Gasteiger partial charge in [-0.15, -0.1) is 0 Å². The number of benzene rings is 2. The van der Waals surface area contributed by atoms with Crippen molar-refractivity contribution in [1.29, 1.82) is 0 Å². The molecular formula is C16H11FN2O2. The van der Waals surface area contributed by atoms with Crippen molar-refractivity contribution < 1.29 is 14.0 Å². The van der Waals surface area contributed by atoms with Crippen LogP contribution in [0, 0.1) is 5.82 Å². The van der Waals surface area contributed by atoms with Crippen LogP contribution in [0.5, 0.6) is 0 Å². The topological polar surface area (TPSA) is 58.2 Å². The summed E-state index contributed by atoms with van der Waals surface area (Å²) >= 11 is 0. The van der Waals surface area contributed by atoms with Gasteiger partial charge in [-0.1, -0.05) is 30.3 Å². The van der Waals surface area contributed by atoms with Crippen molar-refractivity contribution in [1.82, 2.24) is 0 Å². The molecule has 2 aromatic rings. The number of amides is 1. The van der Waals surface area contributed by atoms with Crippen LogP contribution in [0.15, 0.2) is 60.3 Å². The van der Waals surface area contributed by atoms with Gasteiger partial charge in [-0.05, 0) is 18.2 Å². The fraction of sp³-hybridized carbons (Fsp3) is 0. The summed E-state index contributed by atoms with van der Waals surface area (Å²) in [6, 6.07) is 12.6. The molecule has 1 amide bonds. The summed E-state index contributed by atoms with van der Waals surface area (Å²) in [6.07, 6.45) is 1.23. The predicted molar refractivity (Wildman–Crippen MR) is 77.5 cm³/mol. The maximum absolute atomic E-state index is 13.1.